The van der Waals surface area contributed by atoms with Crippen LogP contribution in [-0.4, -0.2) is 19.1 Å². The normalized spacial score (nSPS) is 12.9. The van der Waals surface area contributed by atoms with E-state index in [-0.39, 0.29) is 0 Å². The van der Waals surface area contributed by atoms with E-state index in [1.165, 1.54) is 16.7 Å². The molecule has 78 valence electrons. The quantitative estimate of drug-likeness (QED) is 0.818. The Morgan fingerprint density at radius 1 is 1.36 bits per heavy atom. The second kappa shape index (κ2) is 5.42. The predicted octanol–water partition coefficient (Wildman–Crippen LogP) is 2.93. The van der Waals surface area contributed by atoms with Crippen molar-refractivity contribution >= 4 is 11.8 Å². The van der Waals surface area contributed by atoms with Gasteiger partial charge in [0.15, 0.2) is 0 Å². The Hall–Kier alpha value is -0.470. The number of hydrogen-bond donors (Lipinski definition) is 1. The predicted molar refractivity (Wildman–Crippen MR) is 66.1 cm³/mol. The maximum atomic E-state index is 3.36. The molecular weight excluding hydrogens is 190 g/mol. The number of aryl methyl sites for hydroxylation is 2. The topological polar surface area (TPSA) is 12.0 Å². The minimum absolute atomic E-state index is 0.477. The molecule has 1 atom stereocenters. The molecule has 0 aliphatic rings. The van der Waals surface area contributed by atoms with Crippen LogP contribution < -0.4 is 5.32 Å². The molecule has 0 heterocycles. The first-order valence-electron chi connectivity index (χ1n) is 4.92. The molecule has 0 aliphatic heterocycles. The van der Waals surface area contributed by atoms with Gasteiger partial charge in [0.25, 0.3) is 0 Å². The molecule has 1 aromatic carbocycles. The van der Waals surface area contributed by atoms with Crippen LogP contribution in [0, 0.1) is 13.8 Å². The van der Waals surface area contributed by atoms with Gasteiger partial charge in [-0.25, -0.2) is 0 Å². The molecule has 0 aromatic heterocycles. The highest BCUT2D eigenvalue weighted by Crippen LogP contribution is 2.21. The van der Waals surface area contributed by atoms with Crippen LogP contribution in [-0.2, 0) is 0 Å². The smallest absolute Gasteiger partial charge is 0.0411 e. The lowest BCUT2D eigenvalue weighted by Crippen LogP contribution is -2.19. The zero-order valence-corrected chi connectivity index (χ0v) is 10.2. The summed E-state index contributed by atoms with van der Waals surface area (Å²) in [6.45, 7) is 4.33. The number of thioether (sulfide) groups is 1. The van der Waals surface area contributed by atoms with Gasteiger partial charge < -0.3 is 5.32 Å². The molecule has 0 spiro atoms. The highest BCUT2D eigenvalue weighted by molar-refractivity contribution is 7.98. The molecule has 1 rings (SSSR count). The number of hydrogen-bond acceptors (Lipinski definition) is 2. The summed E-state index contributed by atoms with van der Waals surface area (Å²) in [5.74, 6) is 1.13. The molecule has 0 fully saturated rings. The monoisotopic (exact) mass is 209 g/mol. The minimum atomic E-state index is 0.477. The van der Waals surface area contributed by atoms with E-state index in [0.29, 0.717) is 6.04 Å². The fraction of sp³-hybridized carbons (Fsp3) is 0.500. The Balaban J connectivity index is 2.92. The van der Waals surface area contributed by atoms with Crippen molar-refractivity contribution in [2.45, 2.75) is 19.9 Å². The summed E-state index contributed by atoms with van der Waals surface area (Å²) in [7, 11) is 2.03. The van der Waals surface area contributed by atoms with Gasteiger partial charge in [0, 0.05) is 11.8 Å². The fourth-order valence-corrected chi connectivity index (χ4v) is 2.39. The standard InChI is InChI=1S/C12H19NS/c1-9-5-6-11(10(2)7-9)12(13-3)8-14-4/h5-7,12-13H,8H2,1-4H3. The first kappa shape index (κ1) is 11.6. The molecule has 2 heteroatoms. The number of benzene rings is 1. The summed E-state index contributed by atoms with van der Waals surface area (Å²) in [5.41, 5.74) is 4.15. The summed E-state index contributed by atoms with van der Waals surface area (Å²) in [4.78, 5) is 0. The Kier molecular flexibility index (Phi) is 4.49. The van der Waals surface area contributed by atoms with Gasteiger partial charge in [-0.1, -0.05) is 23.8 Å². The molecule has 0 amide bonds. The van der Waals surface area contributed by atoms with Crippen molar-refractivity contribution in [3.05, 3.63) is 34.9 Å². The number of rotatable bonds is 4. The van der Waals surface area contributed by atoms with E-state index in [4.69, 9.17) is 0 Å². The molecular formula is C12H19NS. The third-order valence-electron chi connectivity index (χ3n) is 2.48. The Morgan fingerprint density at radius 3 is 2.57 bits per heavy atom. The summed E-state index contributed by atoms with van der Waals surface area (Å²) >= 11 is 1.88. The van der Waals surface area contributed by atoms with E-state index in [9.17, 15) is 0 Å². The molecule has 1 nitrogen and oxygen atoms in total. The van der Waals surface area contributed by atoms with Gasteiger partial charge in [0.1, 0.15) is 0 Å². The fourth-order valence-electron chi connectivity index (χ4n) is 1.71. The van der Waals surface area contributed by atoms with Gasteiger partial charge in [0.05, 0.1) is 0 Å². The molecule has 1 unspecified atom stereocenters. The molecule has 0 saturated carbocycles. The highest BCUT2D eigenvalue weighted by Gasteiger charge is 2.10. The lowest BCUT2D eigenvalue weighted by molar-refractivity contribution is 0.658. The average molecular weight is 209 g/mol. The van der Waals surface area contributed by atoms with Gasteiger partial charge in [-0.15, -0.1) is 0 Å². The molecule has 0 saturated heterocycles. The van der Waals surface area contributed by atoms with E-state index in [1.807, 2.05) is 18.8 Å². The van der Waals surface area contributed by atoms with Gasteiger partial charge in [0.2, 0.25) is 0 Å². The third kappa shape index (κ3) is 2.76. The van der Waals surface area contributed by atoms with Crippen molar-refractivity contribution < 1.29 is 0 Å². The van der Waals surface area contributed by atoms with E-state index >= 15 is 0 Å². The molecule has 14 heavy (non-hydrogen) atoms. The van der Waals surface area contributed by atoms with E-state index in [1.54, 1.807) is 0 Å². The van der Waals surface area contributed by atoms with E-state index in [2.05, 4.69) is 43.6 Å². The van der Waals surface area contributed by atoms with Gasteiger partial charge >= 0.3 is 0 Å². The molecule has 0 bridgehead atoms. The van der Waals surface area contributed by atoms with Crippen molar-refractivity contribution in [3.63, 3.8) is 0 Å². The lowest BCUT2D eigenvalue weighted by atomic mass is 10.0. The van der Waals surface area contributed by atoms with Crippen LogP contribution >= 0.6 is 11.8 Å². The van der Waals surface area contributed by atoms with E-state index in [0.717, 1.165) is 5.75 Å². The van der Waals surface area contributed by atoms with Crippen LogP contribution in [0.5, 0.6) is 0 Å². The zero-order valence-electron chi connectivity index (χ0n) is 9.42. The molecule has 0 radical (unpaired) electrons. The van der Waals surface area contributed by atoms with Crippen LogP contribution in [0.25, 0.3) is 0 Å². The van der Waals surface area contributed by atoms with Crippen LogP contribution in [0.15, 0.2) is 18.2 Å². The van der Waals surface area contributed by atoms with Crippen LogP contribution in [0.3, 0.4) is 0 Å². The summed E-state index contributed by atoms with van der Waals surface area (Å²) < 4.78 is 0. The third-order valence-corrected chi connectivity index (χ3v) is 3.15. The second-order valence-corrected chi connectivity index (χ2v) is 4.57. The zero-order chi connectivity index (χ0) is 10.6. The Morgan fingerprint density at radius 2 is 2.07 bits per heavy atom. The summed E-state index contributed by atoms with van der Waals surface area (Å²) in [5, 5.41) is 3.36. The average Bonchev–Trinajstić information content (AvgIpc) is 2.15. The Labute approximate surface area is 91.3 Å². The molecule has 0 aliphatic carbocycles. The van der Waals surface area contributed by atoms with Crippen LogP contribution in [0.4, 0.5) is 0 Å². The Bertz CT molecular complexity index is 296. The number of nitrogens with one attached hydrogen (secondary N) is 1. The van der Waals surface area contributed by atoms with Crippen molar-refractivity contribution in [3.8, 4) is 0 Å². The van der Waals surface area contributed by atoms with E-state index < -0.39 is 0 Å². The van der Waals surface area contributed by atoms with Crippen LogP contribution in [0.1, 0.15) is 22.7 Å². The van der Waals surface area contributed by atoms with Gasteiger partial charge in [-0.3, -0.25) is 0 Å². The van der Waals surface area contributed by atoms with Gasteiger partial charge in [-0.05, 0) is 38.3 Å². The van der Waals surface area contributed by atoms with Crippen molar-refractivity contribution in [2.75, 3.05) is 19.1 Å². The second-order valence-electron chi connectivity index (χ2n) is 3.66. The first-order valence-corrected chi connectivity index (χ1v) is 6.31. The minimum Gasteiger partial charge on any atom is -0.312 e. The molecule has 1 aromatic rings. The van der Waals surface area contributed by atoms with Crippen molar-refractivity contribution in [2.24, 2.45) is 0 Å². The SMILES string of the molecule is CNC(CSC)c1ccc(C)cc1C. The maximum Gasteiger partial charge on any atom is 0.0411 e. The highest BCUT2D eigenvalue weighted by atomic mass is 32.2. The lowest BCUT2D eigenvalue weighted by Gasteiger charge is -2.18. The van der Waals surface area contributed by atoms with Gasteiger partial charge in [-0.2, -0.15) is 11.8 Å². The maximum absolute atomic E-state index is 3.36. The van der Waals surface area contributed by atoms with Crippen molar-refractivity contribution in [1.29, 1.82) is 0 Å². The molecule has 1 N–H and O–H groups in total. The van der Waals surface area contributed by atoms with Crippen LogP contribution in [0.2, 0.25) is 0 Å². The van der Waals surface area contributed by atoms with Crippen molar-refractivity contribution in [1.82, 2.24) is 5.32 Å². The summed E-state index contributed by atoms with van der Waals surface area (Å²) in [6, 6.07) is 7.15. The summed E-state index contributed by atoms with van der Waals surface area (Å²) in [6.07, 6.45) is 2.15. The first-order chi connectivity index (χ1) is 6.69. The largest absolute Gasteiger partial charge is 0.312 e.